The number of nitrogens with zero attached hydrogens (tertiary/aromatic N) is 1. The fourth-order valence-corrected chi connectivity index (χ4v) is 2.60. The molecule has 5 nitrogen and oxygen atoms in total. The first kappa shape index (κ1) is 17.4. The first-order valence-electron chi connectivity index (χ1n) is 7.77. The summed E-state index contributed by atoms with van der Waals surface area (Å²) in [6.07, 6.45) is 2.83. The van der Waals surface area contributed by atoms with Gasteiger partial charge >= 0.3 is 5.97 Å². The Morgan fingerprint density at radius 1 is 1.50 bits per heavy atom. The molecule has 0 bridgehead atoms. The molecule has 3 unspecified atom stereocenters. The highest BCUT2D eigenvalue weighted by molar-refractivity contribution is 5.78. The number of rotatable bonds is 8. The quantitative estimate of drug-likeness (QED) is 0.711. The summed E-state index contributed by atoms with van der Waals surface area (Å²) in [7, 11) is 0. The van der Waals surface area contributed by atoms with Gasteiger partial charge in [-0.2, -0.15) is 0 Å². The first-order valence-corrected chi connectivity index (χ1v) is 7.77. The fourth-order valence-electron chi connectivity index (χ4n) is 2.60. The van der Waals surface area contributed by atoms with Gasteiger partial charge < -0.3 is 15.2 Å². The van der Waals surface area contributed by atoms with Gasteiger partial charge in [0.2, 0.25) is 0 Å². The van der Waals surface area contributed by atoms with E-state index in [0.717, 1.165) is 39.1 Å². The Hall–Kier alpha value is -0.650. The van der Waals surface area contributed by atoms with Crippen LogP contribution in [0.5, 0.6) is 0 Å². The Labute approximate surface area is 122 Å². The molecule has 3 atom stereocenters. The van der Waals surface area contributed by atoms with Crippen molar-refractivity contribution in [2.45, 2.75) is 64.6 Å². The van der Waals surface area contributed by atoms with Crippen LogP contribution in [0.4, 0.5) is 0 Å². The standard InChI is InChI=1S/C15H30N2O3/c1-5-8-16-15(4,14(18)19)7-9-17-10-12(3)20-11-13(17)6-2/h12-13,16H,5-11H2,1-4H3,(H,18,19). The third-order valence-corrected chi connectivity index (χ3v) is 4.19. The lowest BCUT2D eigenvalue weighted by molar-refractivity contribution is -0.145. The van der Waals surface area contributed by atoms with E-state index in [1.165, 1.54) is 0 Å². The van der Waals surface area contributed by atoms with Crippen molar-refractivity contribution in [1.29, 1.82) is 0 Å². The Morgan fingerprint density at radius 2 is 2.20 bits per heavy atom. The lowest BCUT2D eigenvalue weighted by Gasteiger charge is -2.40. The normalized spacial score (nSPS) is 27.2. The number of carboxylic acids is 1. The van der Waals surface area contributed by atoms with Gasteiger partial charge in [0.15, 0.2) is 0 Å². The average molecular weight is 286 g/mol. The van der Waals surface area contributed by atoms with Gasteiger partial charge in [0.05, 0.1) is 12.7 Å². The minimum atomic E-state index is -0.837. The molecule has 1 fully saturated rings. The lowest BCUT2D eigenvalue weighted by atomic mass is 9.96. The van der Waals surface area contributed by atoms with Crippen LogP contribution in [-0.4, -0.2) is 59.9 Å². The van der Waals surface area contributed by atoms with Crippen molar-refractivity contribution in [3.05, 3.63) is 0 Å². The number of morpholine rings is 1. The summed E-state index contributed by atoms with van der Waals surface area (Å²) < 4.78 is 5.68. The van der Waals surface area contributed by atoms with Crippen molar-refractivity contribution >= 4 is 5.97 Å². The molecule has 0 aliphatic carbocycles. The molecule has 0 spiro atoms. The third kappa shape index (κ3) is 4.72. The van der Waals surface area contributed by atoms with E-state index < -0.39 is 11.5 Å². The van der Waals surface area contributed by atoms with Crippen molar-refractivity contribution in [3.63, 3.8) is 0 Å². The molecule has 0 aromatic heterocycles. The van der Waals surface area contributed by atoms with Gasteiger partial charge in [0, 0.05) is 19.1 Å². The van der Waals surface area contributed by atoms with Gasteiger partial charge in [0.1, 0.15) is 5.54 Å². The van der Waals surface area contributed by atoms with E-state index in [4.69, 9.17) is 4.74 Å². The number of ether oxygens (including phenoxy) is 1. The maximum atomic E-state index is 11.5. The predicted molar refractivity (Wildman–Crippen MR) is 80.0 cm³/mol. The summed E-state index contributed by atoms with van der Waals surface area (Å²) in [5.74, 6) is -0.764. The number of aliphatic carboxylic acids is 1. The topological polar surface area (TPSA) is 61.8 Å². The molecular formula is C15H30N2O3. The van der Waals surface area contributed by atoms with Gasteiger partial charge in [-0.3, -0.25) is 9.69 Å². The van der Waals surface area contributed by atoms with E-state index in [2.05, 4.69) is 24.1 Å². The molecule has 0 amide bonds. The average Bonchev–Trinajstić information content (AvgIpc) is 2.43. The van der Waals surface area contributed by atoms with E-state index in [1.807, 2.05) is 6.92 Å². The number of carboxylic acid groups (broad SMARTS) is 1. The maximum Gasteiger partial charge on any atom is 0.323 e. The molecule has 2 N–H and O–H groups in total. The van der Waals surface area contributed by atoms with Gasteiger partial charge in [-0.1, -0.05) is 13.8 Å². The van der Waals surface area contributed by atoms with E-state index in [-0.39, 0.29) is 6.10 Å². The molecule has 0 aromatic carbocycles. The largest absolute Gasteiger partial charge is 0.480 e. The SMILES string of the molecule is CCCNC(C)(CCN1CC(C)OCC1CC)C(=O)O. The Kier molecular flexibility index (Phi) is 6.92. The van der Waals surface area contributed by atoms with Crippen LogP contribution in [-0.2, 0) is 9.53 Å². The smallest absolute Gasteiger partial charge is 0.323 e. The highest BCUT2D eigenvalue weighted by Crippen LogP contribution is 2.18. The summed E-state index contributed by atoms with van der Waals surface area (Å²) in [6.45, 7) is 11.2. The van der Waals surface area contributed by atoms with Gasteiger partial charge in [-0.05, 0) is 39.7 Å². The lowest BCUT2D eigenvalue weighted by Crippen LogP contribution is -2.54. The van der Waals surface area contributed by atoms with Crippen molar-refractivity contribution in [2.24, 2.45) is 0 Å². The molecule has 0 aromatic rings. The van der Waals surface area contributed by atoms with E-state index in [0.29, 0.717) is 12.5 Å². The number of carbonyl (C=O) groups is 1. The monoisotopic (exact) mass is 286 g/mol. The summed E-state index contributed by atoms with van der Waals surface area (Å²) >= 11 is 0. The van der Waals surface area contributed by atoms with Crippen LogP contribution in [0.1, 0.15) is 47.0 Å². The molecule has 1 saturated heterocycles. The predicted octanol–water partition coefficient (Wildman–Crippen LogP) is 1.72. The number of hydrogen-bond acceptors (Lipinski definition) is 4. The second kappa shape index (κ2) is 7.96. The second-order valence-corrected chi connectivity index (χ2v) is 6.01. The summed E-state index contributed by atoms with van der Waals surface area (Å²) in [5, 5.41) is 12.6. The molecule has 5 heteroatoms. The van der Waals surface area contributed by atoms with Gasteiger partial charge in [0.25, 0.3) is 0 Å². The molecule has 1 heterocycles. The van der Waals surface area contributed by atoms with E-state index in [1.54, 1.807) is 6.92 Å². The van der Waals surface area contributed by atoms with Gasteiger partial charge in [-0.15, -0.1) is 0 Å². The zero-order valence-corrected chi connectivity index (χ0v) is 13.3. The summed E-state index contributed by atoms with van der Waals surface area (Å²) in [5.41, 5.74) is -0.837. The first-order chi connectivity index (χ1) is 9.42. The maximum absolute atomic E-state index is 11.5. The molecule has 1 aliphatic heterocycles. The van der Waals surface area contributed by atoms with Crippen LogP contribution in [0.15, 0.2) is 0 Å². The Balaban J connectivity index is 2.58. The van der Waals surface area contributed by atoms with Gasteiger partial charge in [-0.25, -0.2) is 0 Å². The van der Waals surface area contributed by atoms with E-state index in [9.17, 15) is 9.90 Å². The van der Waals surface area contributed by atoms with Crippen LogP contribution < -0.4 is 5.32 Å². The van der Waals surface area contributed by atoms with Crippen molar-refractivity contribution in [3.8, 4) is 0 Å². The minimum absolute atomic E-state index is 0.234. The number of nitrogens with one attached hydrogen (secondary N) is 1. The molecule has 1 rings (SSSR count). The molecular weight excluding hydrogens is 256 g/mol. The van der Waals surface area contributed by atoms with Crippen LogP contribution in [0.3, 0.4) is 0 Å². The molecule has 0 saturated carbocycles. The van der Waals surface area contributed by atoms with Crippen molar-refractivity contribution < 1.29 is 14.6 Å². The summed E-state index contributed by atoms with van der Waals surface area (Å²) in [4.78, 5) is 13.9. The molecule has 0 radical (unpaired) electrons. The summed E-state index contributed by atoms with van der Waals surface area (Å²) in [6, 6.07) is 0.412. The highest BCUT2D eigenvalue weighted by Gasteiger charge is 2.34. The van der Waals surface area contributed by atoms with Crippen LogP contribution in [0.2, 0.25) is 0 Å². The molecule has 20 heavy (non-hydrogen) atoms. The highest BCUT2D eigenvalue weighted by atomic mass is 16.5. The minimum Gasteiger partial charge on any atom is -0.480 e. The zero-order valence-electron chi connectivity index (χ0n) is 13.3. The third-order valence-electron chi connectivity index (χ3n) is 4.19. The molecule has 1 aliphatic rings. The van der Waals surface area contributed by atoms with Crippen LogP contribution >= 0.6 is 0 Å². The zero-order chi connectivity index (χ0) is 15.2. The van der Waals surface area contributed by atoms with Crippen LogP contribution in [0, 0.1) is 0 Å². The van der Waals surface area contributed by atoms with Crippen LogP contribution in [0.25, 0.3) is 0 Å². The van der Waals surface area contributed by atoms with Crippen molar-refractivity contribution in [2.75, 3.05) is 26.2 Å². The second-order valence-electron chi connectivity index (χ2n) is 6.01. The Bertz CT molecular complexity index is 311. The van der Waals surface area contributed by atoms with E-state index >= 15 is 0 Å². The molecule has 118 valence electrons. The fraction of sp³-hybridized carbons (Fsp3) is 0.933. The Morgan fingerprint density at radius 3 is 2.75 bits per heavy atom. The number of hydrogen-bond donors (Lipinski definition) is 2. The van der Waals surface area contributed by atoms with Crippen molar-refractivity contribution in [1.82, 2.24) is 10.2 Å².